The van der Waals surface area contributed by atoms with Crippen molar-refractivity contribution in [1.82, 2.24) is 14.5 Å². The molecule has 0 bridgehead atoms. The van der Waals surface area contributed by atoms with E-state index >= 15 is 0 Å². The number of rotatable bonds is 7. The van der Waals surface area contributed by atoms with Crippen molar-refractivity contribution in [3.8, 4) is 0 Å². The standard InChI is InChI=1S/C19H19Cl2N3O2S/c1-3-24(11-13-4-6-15(20)16(21)10-13)18(25)17-7-5-14(26-17)12-27-19-22-8-9-23(19)2/h4-10H,3,11-12H2,1-2H3. The van der Waals surface area contributed by atoms with Crippen LogP contribution in [0, 0.1) is 0 Å². The summed E-state index contributed by atoms with van der Waals surface area (Å²) in [6, 6.07) is 8.92. The molecule has 0 aliphatic carbocycles. The number of furan rings is 1. The third-order valence-corrected chi connectivity index (χ3v) is 5.84. The van der Waals surface area contributed by atoms with E-state index in [1.54, 1.807) is 41.1 Å². The Morgan fingerprint density at radius 3 is 2.74 bits per heavy atom. The Morgan fingerprint density at radius 1 is 1.26 bits per heavy atom. The van der Waals surface area contributed by atoms with Crippen LogP contribution in [-0.4, -0.2) is 26.9 Å². The number of carbonyl (C=O) groups excluding carboxylic acids is 1. The number of thioether (sulfide) groups is 1. The fourth-order valence-electron chi connectivity index (χ4n) is 2.54. The molecule has 5 nitrogen and oxygen atoms in total. The summed E-state index contributed by atoms with van der Waals surface area (Å²) >= 11 is 13.6. The zero-order chi connectivity index (χ0) is 19.4. The summed E-state index contributed by atoms with van der Waals surface area (Å²) in [6.45, 7) is 2.91. The minimum atomic E-state index is -0.156. The molecular formula is C19H19Cl2N3O2S. The summed E-state index contributed by atoms with van der Waals surface area (Å²) in [5, 5.41) is 1.87. The highest BCUT2D eigenvalue weighted by Gasteiger charge is 2.19. The van der Waals surface area contributed by atoms with Gasteiger partial charge in [-0.2, -0.15) is 0 Å². The largest absolute Gasteiger partial charge is 0.455 e. The van der Waals surface area contributed by atoms with E-state index in [4.69, 9.17) is 27.6 Å². The molecule has 142 valence electrons. The van der Waals surface area contributed by atoms with Crippen molar-refractivity contribution in [2.45, 2.75) is 24.4 Å². The molecule has 0 radical (unpaired) electrons. The van der Waals surface area contributed by atoms with Crippen molar-refractivity contribution in [1.29, 1.82) is 0 Å². The highest BCUT2D eigenvalue weighted by atomic mass is 35.5. The van der Waals surface area contributed by atoms with Crippen LogP contribution in [0.4, 0.5) is 0 Å². The topological polar surface area (TPSA) is 51.3 Å². The molecule has 2 heterocycles. The Labute approximate surface area is 172 Å². The Kier molecular flexibility index (Phi) is 6.52. The van der Waals surface area contributed by atoms with E-state index in [9.17, 15) is 4.79 Å². The first-order valence-electron chi connectivity index (χ1n) is 8.40. The Hall–Kier alpha value is -1.89. The van der Waals surface area contributed by atoms with Gasteiger partial charge in [-0.05, 0) is 36.8 Å². The summed E-state index contributed by atoms with van der Waals surface area (Å²) in [4.78, 5) is 18.7. The van der Waals surface area contributed by atoms with Gasteiger partial charge in [0, 0.05) is 32.5 Å². The molecule has 3 aromatic rings. The molecule has 3 rings (SSSR count). The van der Waals surface area contributed by atoms with Gasteiger partial charge in [-0.3, -0.25) is 4.79 Å². The number of nitrogens with zero attached hydrogens (tertiary/aromatic N) is 3. The highest BCUT2D eigenvalue weighted by molar-refractivity contribution is 7.98. The number of amides is 1. The van der Waals surface area contributed by atoms with Crippen LogP contribution in [0.1, 0.15) is 28.8 Å². The number of aromatic nitrogens is 2. The highest BCUT2D eigenvalue weighted by Crippen LogP contribution is 2.25. The second-order valence-electron chi connectivity index (χ2n) is 5.94. The number of carbonyl (C=O) groups is 1. The van der Waals surface area contributed by atoms with Gasteiger partial charge in [0.15, 0.2) is 10.9 Å². The molecule has 0 aliphatic rings. The summed E-state index contributed by atoms with van der Waals surface area (Å²) in [5.74, 6) is 1.51. The fourth-order valence-corrected chi connectivity index (χ4v) is 3.69. The van der Waals surface area contributed by atoms with Crippen LogP contribution in [-0.2, 0) is 19.3 Å². The third-order valence-electron chi connectivity index (χ3n) is 4.02. The number of hydrogen-bond acceptors (Lipinski definition) is 4. The molecular weight excluding hydrogens is 405 g/mol. The maximum absolute atomic E-state index is 12.8. The number of benzene rings is 1. The lowest BCUT2D eigenvalue weighted by molar-refractivity contribution is 0.0719. The molecule has 0 fully saturated rings. The molecule has 0 saturated heterocycles. The fraction of sp³-hybridized carbons (Fsp3) is 0.263. The normalized spacial score (nSPS) is 11.0. The lowest BCUT2D eigenvalue weighted by atomic mass is 10.2. The van der Waals surface area contributed by atoms with Crippen LogP contribution in [0.5, 0.6) is 0 Å². The van der Waals surface area contributed by atoms with E-state index in [1.807, 2.05) is 36.9 Å². The minimum absolute atomic E-state index is 0.156. The van der Waals surface area contributed by atoms with Crippen molar-refractivity contribution in [3.63, 3.8) is 0 Å². The monoisotopic (exact) mass is 423 g/mol. The SMILES string of the molecule is CCN(Cc1ccc(Cl)c(Cl)c1)C(=O)c1ccc(CSc2nccn2C)o1. The van der Waals surface area contributed by atoms with Gasteiger partial charge in [0.2, 0.25) is 0 Å². The predicted octanol–water partition coefficient (Wildman–Crippen LogP) is 5.27. The van der Waals surface area contributed by atoms with Crippen LogP contribution in [0.3, 0.4) is 0 Å². The predicted molar refractivity (Wildman–Crippen MR) is 108 cm³/mol. The second kappa shape index (κ2) is 8.87. The van der Waals surface area contributed by atoms with E-state index in [0.717, 1.165) is 16.5 Å². The van der Waals surface area contributed by atoms with Crippen LogP contribution < -0.4 is 0 Å². The van der Waals surface area contributed by atoms with Gasteiger partial charge in [0.25, 0.3) is 5.91 Å². The van der Waals surface area contributed by atoms with E-state index in [-0.39, 0.29) is 5.91 Å². The molecule has 0 atom stereocenters. The zero-order valence-corrected chi connectivity index (χ0v) is 17.3. The molecule has 1 amide bonds. The van der Waals surface area contributed by atoms with Crippen molar-refractivity contribution in [3.05, 3.63) is 69.9 Å². The van der Waals surface area contributed by atoms with Gasteiger partial charge in [-0.25, -0.2) is 4.98 Å². The maximum atomic E-state index is 12.8. The van der Waals surface area contributed by atoms with Gasteiger partial charge in [-0.1, -0.05) is 41.0 Å². The Morgan fingerprint density at radius 2 is 2.07 bits per heavy atom. The number of halogens is 2. The summed E-state index contributed by atoms with van der Waals surface area (Å²) in [6.07, 6.45) is 3.64. The maximum Gasteiger partial charge on any atom is 0.289 e. The molecule has 1 aromatic carbocycles. The molecule has 27 heavy (non-hydrogen) atoms. The molecule has 0 N–H and O–H groups in total. The van der Waals surface area contributed by atoms with Crippen LogP contribution in [0.25, 0.3) is 0 Å². The minimum Gasteiger partial charge on any atom is -0.455 e. The number of aryl methyl sites for hydroxylation is 1. The zero-order valence-electron chi connectivity index (χ0n) is 15.0. The average Bonchev–Trinajstić information content (AvgIpc) is 3.29. The summed E-state index contributed by atoms with van der Waals surface area (Å²) < 4.78 is 7.69. The summed E-state index contributed by atoms with van der Waals surface area (Å²) in [5.41, 5.74) is 0.914. The van der Waals surface area contributed by atoms with Crippen molar-refractivity contribution >= 4 is 40.9 Å². The lowest BCUT2D eigenvalue weighted by Crippen LogP contribution is -2.30. The van der Waals surface area contributed by atoms with Crippen molar-refractivity contribution in [2.24, 2.45) is 7.05 Å². The van der Waals surface area contributed by atoms with Gasteiger partial charge >= 0.3 is 0 Å². The van der Waals surface area contributed by atoms with Crippen LogP contribution in [0.2, 0.25) is 10.0 Å². The van der Waals surface area contributed by atoms with Crippen molar-refractivity contribution < 1.29 is 9.21 Å². The van der Waals surface area contributed by atoms with Gasteiger partial charge < -0.3 is 13.9 Å². The first-order chi connectivity index (χ1) is 13.0. The number of hydrogen-bond donors (Lipinski definition) is 0. The molecule has 2 aromatic heterocycles. The van der Waals surface area contributed by atoms with Gasteiger partial charge in [-0.15, -0.1) is 0 Å². The quantitative estimate of drug-likeness (QED) is 0.485. The van der Waals surface area contributed by atoms with E-state index in [0.29, 0.717) is 34.6 Å². The van der Waals surface area contributed by atoms with E-state index in [1.165, 1.54) is 0 Å². The lowest BCUT2D eigenvalue weighted by Gasteiger charge is -2.20. The molecule has 0 unspecified atom stereocenters. The van der Waals surface area contributed by atoms with Crippen LogP contribution in [0.15, 0.2) is 52.3 Å². The third kappa shape index (κ3) is 4.89. The first kappa shape index (κ1) is 19.9. The van der Waals surface area contributed by atoms with E-state index < -0.39 is 0 Å². The molecule has 0 saturated carbocycles. The van der Waals surface area contributed by atoms with Gasteiger partial charge in [0.1, 0.15) is 5.76 Å². The smallest absolute Gasteiger partial charge is 0.289 e. The second-order valence-corrected chi connectivity index (χ2v) is 7.70. The molecule has 0 aliphatic heterocycles. The van der Waals surface area contributed by atoms with Gasteiger partial charge in [0.05, 0.1) is 15.8 Å². The first-order valence-corrected chi connectivity index (χ1v) is 10.1. The Bertz CT molecular complexity index is 939. The Balaban J connectivity index is 1.65. The van der Waals surface area contributed by atoms with E-state index in [2.05, 4.69) is 4.98 Å². The van der Waals surface area contributed by atoms with Crippen LogP contribution >= 0.6 is 35.0 Å². The molecule has 8 heteroatoms. The average molecular weight is 424 g/mol. The molecule has 0 spiro atoms. The number of imidazole rings is 1. The van der Waals surface area contributed by atoms with Crippen molar-refractivity contribution in [2.75, 3.05) is 6.54 Å². The summed E-state index contributed by atoms with van der Waals surface area (Å²) in [7, 11) is 1.94.